The van der Waals surface area contributed by atoms with Gasteiger partial charge in [-0.25, -0.2) is 0 Å². The summed E-state index contributed by atoms with van der Waals surface area (Å²) in [4.78, 5) is 2.40. The summed E-state index contributed by atoms with van der Waals surface area (Å²) in [7, 11) is 0. The van der Waals surface area contributed by atoms with Crippen molar-refractivity contribution in [2.75, 3.05) is 4.90 Å². The topological polar surface area (TPSA) is 16.4 Å². The van der Waals surface area contributed by atoms with Crippen LogP contribution in [-0.2, 0) is 0 Å². The molecule has 10 aromatic rings. The first-order valence-electron chi connectivity index (χ1n) is 16.6. The van der Waals surface area contributed by atoms with Crippen molar-refractivity contribution in [2.24, 2.45) is 0 Å². The fraction of sp³-hybridized carbons (Fsp3) is 0. The van der Waals surface area contributed by atoms with E-state index in [0.29, 0.717) is 0 Å². The van der Waals surface area contributed by atoms with Crippen molar-refractivity contribution < 1.29 is 4.42 Å². The van der Waals surface area contributed by atoms with E-state index in [1.807, 2.05) is 17.4 Å². The zero-order valence-corrected chi connectivity index (χ0v) is 27.3. The molecule has 230 valence electrons. The largest absolute Gasteiger partial charge is 0.456 e. The van der Waals surface area contributed by atoms with Crippen LogP contribution >= 0.6 is 11.3 Å². The van der Waals surface area contributed by atoms with Gasteiger partial charge in [0.1, 0.15) is 11.2 Å². The Labute approximate surface area is 287 Å². The first-order valence-corrected chi connectivity index (χ1v) is 17.4. The zero-order chi connectivity index (χ0) is 32.3. The van der Waals surface area contributed by atoms with Crippen molar-refractivity contribution >= 4 is 81.3 Å². The summed E-state index contributed by atoms with van der Waals surface area (Å²) in [5, 5.41) is 7.33. The molecule has 0 spiro atoms. The Morgan fingerprint density at radius 3 is 1.96 bits per heavy atom. The van der Waals surface area contributed by atoms with E-state index in [4.69, 9.17) is 4.42 Å². The molecular weight excluding hydrogens is 615 g/mol. The molecule has 0 unspecified atom stereocenters. The molecule has 0 fully saturated rings. The maximum Gasteiger partial charge on any atom is 0.137 e. The maximum absolute atomic E-state index is 6.40. The lowest BCUT2D eigenvalue weighted by Gasteiger charge is -2.28. The molecule has 49 heavy (non-hydrogen) atoms. The zero-order valence-electron chi connectivity index (χ0n) is 26.5. The van der Waals surface area contributed by atoms with E-state index in [1.165, 1.54) is 53.2 Å². The summed E-state index contributed by atoms with van der Waals surface area (Å²) in [5.74, 6) is 0. The minimum Gasteiger partial charge on any atom is -0.456 e. The summed E-state index contributed by atoms with van der Waals surface area (Å²) in [6.07, 6.45) is 0. The van der Waals surface area contributed by atoms with Gasteiger partial charge in [-0.05, 0) is 76.0 Å². The average molecular weight is 644 g/mol. The van der Waals surface area contributed by atoms with Gasteiger partial charge in [0.2, 0.25) is 0 Å². The Morgan fingerprint density at radius 2 is 1.04 bits per heavy atom. The van der Waals surface area contributed by atoms with Crippen LogP contribution in [0.5, 0.6) is 0 Å². The van der Waals surface area contributed by atoms with Crippen LogP contribution in [0.1, 0.15) is 0 Å². The van der Waals surface area contributed by atoms with Gasteiger partial charge in [0, 0.05) is 36.8 Å². The predicted molar refractivity (Wildman–Crippen MR) is 210 cm³/mol. The van der Waals surface area contributed by atoms with Crippen LogP contribution in [-0.4, -0.2) is 0 Å². The highest BCUT2D eigenvalue weighted by atomic mass is 32.1. The second-order valence-corrected chi connectivity index (χ2v) is 13.6. The SMILES string of the molecule is c1ccc(N(c2ccc(-c3cccc4ccccc34)cc2)c2cccc3oc4ccccc4c23)c(-c2ccc3c(c2)sc2ccccc23)c1. The molecule has 0 radical (unpaired) electrons. The third kappa shape index (κ3) is 4.55. The third-order valence-corrected chi connectivity index (χ3v) is 10.8. The smallest absolute Gasteiger partial charge is 0.137 e. The fourth-order valence-corrected chi connectivity index (χ4v) is 8.57. The Morgan fingerprint density at radius 1 is 0.408 bits per heavy atom. The molecule has 0 bridgehead atoms. The summed E-state index contributed by atoms with van der Waals surface area (Å²) in [6.45, 7) is 0. The lowest BCUT2D eigenvalue weighted by Crippen LogP contribution is -2.11. The van der Waals surface area contributed by atoms with Crippen LogP contribution in [0.2, 0.25) is 0 Å². The minimum atomic E-state index is 0.875. The molecule has 2 aromatic heterocycles. The average Bonchev–Trinajstić information content (AvgIpc) is 3.74. The molecule has 3 heteroatoms. The molecular formula is C46H29NOS. The quantitative estimate of drug-likeness (QED) is 0.186. The number of thiophene rings is 1. The van der Waals surface area contributed by atoms with Crippen molar-refractivity contribution in [1.82, 2.24) is 0 Å². The molecule has 10 rings (SSSR count). The van der Waals surface area contributed by atoms with Gasteiger partial charge in [-0.1, -0.05) is 127 Å². The first kappa shape index (κ1) is 27.9. The number of rotatable bonds is 5. The predicted octanol–water partition coefficient (Wildman–Crippen LogP) is 13.9. The molecule has 0 atom stereocenters. The molecule has 0 aliphatic carbocycles. The van der Waals surface area contributed by atoms with Gasteiger partial charge in [-0.3, -0.25) is 0 Å². The Kier molecular flexibility index (Phi) is 6.39. The van der Waals surface area contributed by atoms with Crippen molar-refractivity contribution in [1.29, 1.82) is 0 Å². The molecule has 0 saturated heterocycles. The summed E-state index contributed by atoms with van der Waals surface area (Å²) in [6, 6.07) is 63.3. The molecule has 0 aliphatic heterocycles. The van der Waals surface area contributed by atoms with Crippen molar-refractivity contribution in [2.45, 2.75) is 0 Å². The van der Waals surface area contributed by atoms with Gasteiger partial charge in [0.15, 0.2) is 0 Å². The monoisotopic (exact) mass is 643 g/mol. The second kappa shape index (κ2) is 11.2. The van der Waals surface area contributed by atoms with Gasteiger partial charge < -0.3 is 9.32 Å². The van der Waals surface area contributed by atoms with E-state index in [2.05, 4.69) is 175 Å². The lowest BCUT2D eigenvalue weighted by molar-refractivity contribution is 0.669. The highest BCUT2D eigenvalue weighted by Crippen LogP contribution is 2.47. The fourth-order valence-electron chi connectivity index (χ4n) is 7.42. The van der Waals surface area contributed by atoms with Crippen molar-refractivity contribution in [3.05, 3.63) is 176 Å². The third-order valence-electron chi connectivity index (χ3n) is 9.68. The molecule has 0 aliphatic rings. The normalized spacial score (nSPS) is 11.7. The van der Waals surface area contributed by atoms with Gasteiger partial charge in [-0.2, -0.15) is 0 Å². The standard InChI is InChI=1S/C46H29NOS/c1-2-13-34-30(11-1)12-9-17-35(34)31-23-26-33(27-24-31)47(41-19-10-21-43-46(41)39-16-4-7-20-42(39)48-43)40-18-6-3-14-36(40)32-25-28-38-37-15-5-8-22-44(37)49-45(38)29-32/h1-29H. The first-order chi connectivity index (χ1) is 24.3. The van der Waals surface area contributed by atoms with Crippen LogP contribution in [0.4, 0.5) is 17.1 Å². The van der Waals surface area contributed by atoms with E-state index >= 15 is 0 Å². The minimum absolute atomic E-state index is 0.875. The van der Waals surface area contributed by atoms with Crippen LogP contribution in [0.25, 0.3) is 75.1 Å². The van der Waals surface area contributed by atoms with Crippen LogP contribution in [0.3, 0.4) is 0 Å². The molecule has 0 amide bonds. The highest BCUT2D eigenvalue weighted by molar-refractivity contribution is 7.25. The number of hydrogen-bond acceptors (Lipinski definition) is 3. The molecule has 8 aromatic carbocycles. The number of benzene rings is 8. The van der Waals surface area contributed by atoms with Crippen LogP contribution < -0.4 is 4.90 Å². The Bertz CT molecular complexity index is 2840. The number of para-hydroxylation sites is 2. The van der Waals surface area contributed by atoms with E-state index in [1.54, 1.807) is 0 Å². The van der Waals surface area contributed by atoms with Gasteiger partial charge in [-0.15, -0.1) is 11.3 Å². The lowest BCUT2D eigenvalue weighted by atomic mass is 9.97. The van der Waals surface area contributed by atoms with Crippen molar-refractivity contribution in [3.63, 3.8) is 0 Å². The molecule has 0 saturated carbocycles. The van der Waals surface area contributed by atoms with E-state index in [0.717, 1.165) is 39.0 Å². The summed E-state index contributed by atoms with van der Waals surface area (Å²) in [5.41, 5.74) is 9.82. The van der Waals surface area contributed by atoms with Crippen LogP contribution in [0.15, 0.2) is 180 Å². The number of furan rings is 1. The summed E-state index contributed by atoms with van der Waals surface area (Å²) >= 11 is 1.86. The second-order valence-electron chi connectivity index (χ2n) is 12.5. The summed E-state index contributed by atoms with van der Waals surface area (Å²) < 4.78 is 9.01. The number of fused-ring (bicyclic) bond motifs is 7. The Balaban J connectivity index is 1.19. The highest BCUT2D eigenvalue weighted by Gasteiger charge is 2.22. The van der Waals surface area contributed by atoms with Crippen LogP contribution in [0, 0.1) is 0 Å². The molecule has 2 nitrogen and oxygen atoms in total. The molecule has 0 N–H and O–H groups in total. The van der Waals surface area contributed by atoms with Gasteiger partial charge in [0.25, 0.3) is 0 Å². The van der Waals surface area contributed by atoms with Gasteiger partial charge >= 0.3 is 0 Å². The van der Waals surface area contributed by atoms with E-state index < -0.39 is 0 Å². The maximum atomic E-state index is 6.40. The van der Waals surface area contributed by atoms with Crippen molar-refractivity contribution in [3.8, 4) is 22.3 Å². The Hall–Kier alpha value is -6.16. The van der Waals surface area contributed by atoms with Gasteiger partial charge in [0.05, 0.1) is 16.8 Å². The number of hydrogen-bond donors (Lipinski definition) is 0. The number of anilines is 3. The van der Waals surface area contributed by atoms with E-state index in [-0.39, 0.29) is 0 Å². The number of nitrogens with zero attached hydrogens (tertiary/aromatic N) is 1. The van der Waals surface area contributed by atoms with E-state index in [9.17, 15) is 0 Å². The molecule has 2 heterocycles.